The average Bonchev–Trinajstić information content (AvgIpc) is 2.78. The van der Waals surface area contributed by atoms with Crippen LogP contribution in [0.5, 0.6) is 0 Å². The lowest BCUT2D eigenvalue weighted by Crippen LogP contribution is -2.32. The Morgan fingerprint density at radius 1 is 1.24 bits per heavy atom. The summed E-state index contributed by atoms with van der Waals surface area (Å²) in [5.74, 6) is 1.84. The lowest BCUT2D eigenvalue weighted by Gasteiger charge is -2.23. The maximum absolute atomic E-state index is 3.53. The summed E-state index contributed by atoms with van der Waals surface area (Å²) >= 11 is 0. The van der Waals surface area contributed by atoms with Gasteiger partial charge in [-0.2, -0.15) is 0 Å². The van der Waals surface area contributed by atoms with Gasteiger partial charge >= 0.3 is 0 Å². The maximum atomic E-state index is 3.53. The van der Waals surface area contributed by atoms with Crippen molar-refractivity contribution in [3.8, 4) is 0 Å². The van der Waals surface area contributed by atoms with Crippen molar-refractivity contribution in [1.82, 2.24) is 5.32 Å². The third-order valence-corrected chi connectivity index (χ3v) is 4.26. The van der Waals surface area contributed by atoms with Crippen molar-refractivity contribution in [3.05, 3.63) is 35.9 Å². The Balaban J connectivity index is 1.84. The minimum atomic E-state index is 0.708. The molecule has 1 aromatic carbocycles. The zero-order valence-electron chi connectivity index (χ0n) is 11.2. The largest absolute Gasteiger partial charge is 0.317 e. The van der Waals surface area contributed by atoms with Crippen molar-refractivity contribution in [2.75, 3.05) is 7.05 Å². The van der Waals surface area contributed by atoms with Crippen LogP contribution in [-0.4, -0.2) is 13.1 Å². The normalized spacial score (nSPS) is 26.0. The second kappa shape index (κ2) is 6.20. The first-order valence-electron chi connectivity index (χ1n) is 7.00. The van der Waals surface area contributed by atoms with E-state index < -0.39 is 0 Å². The van der Waals surface area contributed by atoms with Crippen LogP contribution < -0.4 is 5.32 Å². The van der Waals surface area contributed by atoms with Crippen LogP contribution in [0.1, 0.15) is 38.2 Å². The highest BCUT2D eigenvalue weighted by Gasteiger charge is 2.27. The van der Waals surface area contributed by atoms with Gasteiger partial charge in [0.25, 0.3) is 0 Å². The van der Waals surface area contributed by atoms with Crippen LogP contribution in [0.25, 0.3) is 0 Å². The summed E-state index contributed by atoms with van der Waals surface area (Å²) in [7, 11) is 2.12. The van der Waals surface area contributed by atoms with Gasteiger partial charge in [-0.05, 0) is 50.1 Å². The fourth-order valence-electron chi connectivity index (χ4n) is 3.20. The van der Waals surface area contributed by atoms with Gasteiger partial charge in [0.15, 0.2) is 0 Å². The third kappa shape index (κ3) is 3.57. The highest BCUT2D eigenvalue weighted by molar-refractivity contribution is 5.14. The molecule has 1 aromatic rings. The summed E-state index contributed by atoms with van der Waals surface area (Å²) in [6.07, 6.45) is 6.74. The second-order valence-corrected chi connectivity index (χ2v) is 5.60. The van der Waals surface area contributed by atoms with Crippen molar-refractivity contribution in [1.29, 1.82) is 0 Å². The molecule has 94 valence electrons. The molecule has 1 aliphatic rings. The summed E-state index contributed by atoms with van der Waals surface area (Å²) in [4.78, 5) is 0. The van der Waals surface area contributed by atoms with Gasteiger partial charge in [0, 0.05) is 6.04 Å². The number of nitrogens with one attached hydrogen (secondary N) is 1. The first kappa shape index (κ1) is 12.6. The Kier molecular flexibility index (Phi) is 4.61. The summed E-state index contributed by atoms with van der Waals surface area (Å²) in [6, 6.07) is 11.6. The molecule has 0 spiro atoms. The fraction of sp³-hybridized carbons (Fsp3) is 0.625. The van der Waals surface area contributed by atoms with Crippen LogP contribution >= 0.6 is 0 Å². The van der Waals surface area contributed by atoms with E-state index in [2.05, 4.69) is 49.6 Å². The summed E-state index contributed by atoms with van der Waals surface area (Å²) in [5.41, 5.74) is 1.47. The molecule has 1 fully saturated rings. The van der Waals surface area contributed by atoms with Gasteiger partial charge in [0.2, 0.25) is 0 Å². The molecule has 0 radical (unpaired) electrons. The highest BCUT2D eigenvalue weighted by atomic mass is 14.9. The van der Waals surface area contributed by atoms with Crippen molar-refractivity contribution in [3.63, 3.8) is 0 Å². The van der Waals surface area contributed by atoms with E-state index in [4.69, 9.17) is 0 Å². The maximum Gasteiger partial charge on any atom is 0.00955 e. The lowest BCUT2D eigenvalue weighted by atomic mass is 9.92. The minimum Gasteiger partial charge on any atom is -0.317 e. The molecule has 0 amide bonds. The number of hydrogen-bond donors (Lipinski definition) is 1. The second-order valence-electron chi connectivity index (χ2n) is 5.60. The Labute approximate surface area is 106 Å². The van der Waals surface area contributed by atoms with Crippen LogP contribution in [0.2, 0.25) is 0 Å². The van der Waals surface area contributed by atoms with Crippen LogP contribution in [0, 0.1) is 11.8 Å². The molecule has 2 rings (SSSR count). The van der Waals surface area contributed by atoms with E-state index in [1.807, 2.05) is 0 Å². The predicted octanol–water partition coefficient (Wildman–Crippen LogP) is 3.64. The molecule has 17 heavy (non-hydrogen) atoms. The predicted molar refractivity (Wildman–Crippen MR) is 74.1 cm³/mol. The number of rotatable bonds is 5. The van der Waals surface area contributed by atoms with E-state index in [1.165, 1.54) is 37.7 Å². The molecule has 3 unspecified atom stereocenters. The molecule has 0 aliphatic heterocycles. The van der Waals surface area contributed by atoms with Gasteiger partial charge in [-0.15, -0.1) is 0 Å². The van der Waals surface area contributed by atoms with Gasteiger partial charge in [0.1, 0.15) is 0 Å². The topological polar surface area (TPSA) is 12.0 Å². The number of aryl methyl sites for hydroxylation is 1. The van der Waals surface area contributed by atoms with E-state index in [9.17, 15) is 0 Å². The smallest absolute Gasteiger partial charge is 0.00955 e. The molecule has 0 saturated heterocycles. The minimum absolute atomic E-state index is 0.708. The first-order valence-corrected chi connectivity index (χ1v) is 7.00. The van der Waals surface area contributed by atoms with Crippen LogP contribution in [-0.2, 0) is 6.42 Å². The fourth-order valence-corrected chi connectivity index (χ4v) is 3.20. The van der Waals surface area contributed by atoms with Crippen molar-refractivity contribution < 1.29 is 0 Å². The lowest BCUT2D eigenvalue weighted by molar-refractivity contribution is 0.351. The van der Waals surface area contributed by atoms with Gasteiger partial charge in [-0.25, -0.2) is 0 Å². The standard InChI is InChI=1S/C16H25N/c1-13-8-10-15(12-13)16(17-2)11-9-14-6-4-3-5-7-14/h3-7,13,15-17H,8-12H2,1-2H3. The molecule has 0 aromatic heterocycles. The molecule has 0 heterocycles. The summed E-state index contributed by atoms with van der Waals surface area (Å²) < 4.78 is 0. The van der Waals surface area contributed by atoms with Gasteiger partial charge < -0.3 is 5.32 Å². The molecule has 1 saturated carbocycles. The zero-order valence-corrected chi connectivity index (χ0v) is 11.2. The van der Waals surface area contributed by atoms with Gasteiger partial charge in [-0.3, -0.25) is 0 Å². The Morgan fingerprint density at radius 3 is 2.59 bits per heavy atom. The summed E-state index contributed by atoms with van der Waals surface area (Å²) in [5, 5.41) is 3.53. The summed E-state index contributed by atoms with van der Waals surface area (Å²) in [6.45, 7) is 2.39. The Hall–Kier alpha value is -0.820. The average molecular weight is 231 g/mol. The SMILES string of the molecule is CNC(CCc1ccccc1)C1CCC(C)C1. The third-order valence-electron chi connectivity index (χ3n) is 4.26. The van der Waals surface area contributed by atoms with Crippen molar-refractivity contribution >= 4 is 0 Å². The number of hydrogen-bond acceptors (Lipinski definition) is 1. The molecule has 3 atom stereocenters. The molecule has 1 aliphatic carbocycles. The quantitative estimate of drug-likeness (QED) is 0.815. The Morgan fingerprint density at radius 2 is 2.00 bits per heavy atom. The molecule has 0 bridgehead atoms. The van der Waals surface area contributed by atoms with E-state index in [0.717, 1.165) is 11.8 Å². The highest BCUT2D eigenvalue weighted by Crippen LogP contribution is 2.33. The Bertz CT molecular complexity index is 320. The molecular formula is C16H25N. The van der Waals surface area contributed by atoms with Gasteiger partial charge in [-0.1, -0.05) is 43.7 Å². The molecular weight excluding hydrogens is 206 g/mol. The van der Waals surface area contributed by atoms with E-state index >= 15 is 0 Å². The van der Waals surface area contributed by atoms with Gasteiger partial charge in [0.05, 0.1) is 0 Å². The molecule has 1 nitrogen and oxygen atoms in total. The van der Waals surface area contributed by atoms with Crippen LogP contribution in [0.3, 0.4) is 0 Å². The van der Waals surface area contributed by atoms with E-state index in [1.54, 1.807) is 0 Å². The van der Waals surface area contributed by atoms with Crippen molar-refractivity contribution in [2.24, 2.45) is 11.8 Å². The van der Waals surface area contributed by atoms with Crippen molar-refractivity contribution in [2.45, 2.75) is 45.1 Å². The molecule has 1 N–H and O–H groups in total. The van der Waals surface area contributed by atoms with Crippen LogP contribution in [0.15, 0.2) is 30.3 Å². The van der Waals surface area contributed by atoms with E-state index in [0.29, 0.717) is 6.04 Å². The zero-order chi connectivity index (χ0) is 12.1. The van der Waals surface area contributed by atoms with E-state index in [-0.39, 0.29) is 0 Å². The number of benzene rings is 1. The molecule has 1 heteroatoms. The first-order chi connectivity index (χ1) is 8.29. The van der Waals surface area contributed by atoms with Crippen LogP contribution in [0.4, 0.5) is 0 Å². The monoisotopic (exact) mass is 231 g/mol.